The van der Waals surface area contributed by atoms with E-state index in [2.05, 4.69) is 16.8 Å². The summed E-state index contributed by atoms with van der Waals surface area (Å²) >= 11 is 0. The van der Waals surface area contributed by atoms with E-state index in [0.29, 0.717) is 16.7 Å². The molecule has 0 saturated carbocycles. The predicted molar refractivity (Wildman–Crippen MR) is 175 cm³/mol. The number of aromatic amines is 1. The zero-order valence-electron chi connectivity index (χ0n) is 26.7. The van der Waals surface area contributed by atoms with Crippen LogP contribution in [0, 0.1) is 32.6 Å². The van der Waals surface area contributed by atoms with Crippen LogP contribution in [0.25, 0.3) is 0 Å². The number of rotatable bonds is 9. The van der Waals surface area contributed by atoms with Gasteiger partial charge in [0.2, 0.25) is 0 Å². The Kier molecular flexibility index (Phi) is 10.7. The van der Waals surface area contributed by atoms with Crippen LogP contribution in [-0.2, 0) is 18.9 Å². The Labute approximate surface area is 276 Å². The summed E-state index contributed by atoms with van der Waals surface area (Å²) in [6.07, 6.45) is -1.37. The maximum Gasteiger partial charge on any atom is 0.338 e. The average molecular weight is 651 g/mol. The van der Waals surface area contributed by atoms with E-state index in [4.69, 9.17) is 18.9 Å². The summed E-state index contributed by atoms with van der Waals surface area (Å²) in [5.74, 6) is 3.81. The first-order valence-corrected chi connectivity index (χ1v) is 15.3. The number of hydrogen-bond donors (Lipinski definition) is 1. The molecule has 1 saturated heterocycles. The van der Waals surface area contributed by atoms with E-state index in [0.717, 1.165) is 21.3 Å². The van der Waals surface area contributed by atoms with Gasteiger partial charge in [0.25, 0.3) is 5.56 Å². The number of benzene rings is 3. The third-order valence-electron chi connectivity index (χ3n) is 7.64. The standard InChI is InChI=1S/C37H34N2O9/c1-23-7-13-26(14-8-23)34(41)45-19-5-4-6-29-21-39(37(44)38-33(29)40)32-20-30(48-36(43)28-17-11-25(3)12-18-28)31(47-32)22-46-35(42)27-15-9-24(2)10-16-27/h7-18,21,30-32H,5,19-20,22H2,1-3H3,(H,38,40,44)/t30-,31+,32+/m0/s1. The number of aromatic nitrogens is 2. The largest absolute Gasteiger partial charge is 0.461 e. The van der Waals surface area contributed by atoms with Crippen molar-refractivity contribution in [1.82, 2.24) is 9.55 Å². The first-order chi connectivity index (χ1) is 23.1. The number of nitrogens with one attached hydrogen (secondary N) is 1. The normalized spacial score (nSPS) is 16.8. The molecule has 0 amide bonds. The molecule has 1 aromatic heterocycles. The number of H-pyrrole nitrogens is 1. The Morgan fingerprint density at radius 3 is 1.88 bits per heavy atom. The topological polar surface area (TPSA) is 143 Å². The molecule has 11 heteroatoms. The van der Waals surface area contributed by atoms with Crippen LogP contribution < -0.4 is 11.2 Å². The zero-order chi connectivity index (χ0) is 34.2. The van der Waals surface area contributed by atoms with E-state index >= 15 is 0 Å². The second kappa shape index (κ2) is 15.2. The van der Waals surface area contributed by atoms with Crippen molar-refractivity contribution in [2.45, 2.75) is 52.0 Å². The van der Waals surface area contributed by atoms with Gasteiger partial charge in [-0.2, -0.15) is 0 Å². The van der Waals surface area contributed by atoms with E-state index in [9.17, 15) is 24.0 Å². The minimum atomic E-state index is -0.982. The first-order valence-electron chi connectivity index (χ1n) is 15.3. The monoisotopic (exact) mass is 650 g/mol. The molecule has 0 spiro atoms. The van der Waals surface area contributed by atoms with Gasteiger partial charge in [-0.1, -0.05) is 64.9 Å². The van der Waals surface area contributed by atoms with Crippen molar-refractivity contribution < 1.29 is 33.3 Å². The second-order valence-electron chi connectivity index (χ2n) is 11.4. The fraction of sp³-hybridized carbons (Fsp3) is 0.270. The van der Waals surface area contributed by atoms with E-state index in [1.807, 2.05) is 32.9 Å². The van der Waals surface area contributed by atoms with Crippen molar-refractivity contribution in [2.75, 3.05) is 13.2 Å². The first kappa shape index (κ1) is 33.6. The highest BCUT2D eigenvalue weighted by Crippen LogP contribution is 2.31. The lowest BCUT2D eigenvalue weighted by atomic mass is 10.1. The van der Waals surface area contributed by atoms with E-state index < -0.39 is 47.6 Å². The lowest BCUT2D eigenvalue weighted by Crippen LogP contribution is -2.34. The summed E-state index contributed by atoms with van der Waals surface area (Å²) in [4.78, 5) is 65.6. The van der Waals surface area contributed by atoms with Gasteiger partial charge in [0.1, 0.15) is 37.2 Å². The number of esters is 3. The zero-order valence-corrected chi connectivity index (χ0v) is 26.7. The quantitative estimate of drug-likeness (QED) is 0.120. The lowest BCUT2D eigenvalue weighted by molar-refractivity contribution is -0.0582. The van der Waals surface area contributed by atoms with Crippen LogP contribution in [-0.4, -0.2) is 52.9 Å². The third kappa shape index (κ3) is 8.54. The Hall–Kier alpha value is -5.73. The molecule has 4 aromatic rings. The molecule has 3 aromatic carbocycles. The van der Waals surface area contributed by atoms with Crippen LogP contribution in [0.1, 0.15) is 72.4 Å². The molecule has 1 aliphatic heterocycles. The van der Waals surface area contributed by atoms with Gasteiger partial charge >= 0.3 is 23.6 Å². The van der Waals surface area contributed by atoms with Crippen molar-refractivity contribution in [3.8, 4) is 11.8 Å². The molecule has 11 nitrogen and oxygen atoms in total. The van der Waals surface area contributed by atoms with Crippen molar-refractivity contribution in [3.63, 3.8) is 0 Å². The van der Waals surface area contributed by atoms with E-state index in [-0.39, 0.29) is 31.6 Å². The van der Waals surface area contributed by atoms with Crippen molar-refractivity contribution in [2.24, 2.45) is 0 Å². The number of aryl methyl sites for hydroxylation is 3. The van der Waals surface area contributed by atoms with Gasteiger partial charge in [-0.25, -0.2) is 19.2 Å². The van der Waals surface area contributed by atoms with Gasteiger partial charge in [0.15, 0.2) is 0 Å². The lowest BCUT2D eigenvalue weighted by Gasteiger charge is -2.19. The minimum Gasteiger partial charge on any atom is -0.461 e. The molecule has 1 aliphatic rings. The third-order valence-corrected chi connectivity index (χ3v) is 7.64. The molecule has 2 heterocycles. The molecular weight excluding hydrogens is 616 g/mol. The molecule has 0 radical (unpaired) electrons. The highest BCUT2D eigenvalue weighted by atomic mass is 16.6. The summed E-state index contributed by atoms with van der Waals surface area (Å²) < 4.78 is 23.8. The van der Waals surface area contributed by atoms with Gasteiger partial charge in [-0.3, -0.25) is 14.3 Å². The van der Waals surface area contributed by atoms with Crippen LogP contribution in [0.5, 0.6) is 0 Å². The van der Waals surface area contributed by atoms with Crippen molar-refractivity contribution >= 4 is 17.9 Å². The molecule has 1 N–H and O–H groups in total. The van der Waals surface area contributed by atoms with Gasteiger partial charge in [-0.15, -0.1) is 0 Å². The highest BCUT2D eigenvalue weighted by Gasteiger charge is 2.40. The molecule has 5 rings (SSSR count). The molecule has 0 unspecified atom stereocenters. The summed E-state index contributed by atoms with van der Waals surface area (Å²) in [6, 6.07) is 20.6. The average Bonchev–Trinajstić information content (AvgIpc) is 3.47. The second-order valence-corrected chi connectivity index (χ2v) is 11.4. The van der Waals surface area contributed by atoms with Crippen LogP contribution in [0.2, 0.25) is 0 Å². The van der Waals surface area contributed by atoms with Crippen LogP contribution in [0.4, 0.5) is 0 Å². The Morgan fingerprint density at radius 1 is 0.792 bits per heavy atom. The van der Waals surface area contributed by atoms with Gasteiger partial charge in [0, 0.05) is 19.0 Å². The van der Waals surface area contributed by atoms with E-state index in [1.165, 1.54) is 6.20 Å². The molecule has 0 aliphatic carbocycles. The molecule has 3 atom stereocenters. The predicted octanol–water partition coefficient (Wildman–Crippen LogP) is 4.43. The smallest absolute Gasteiger partial charge is 0.338 e. The number of carbonyl (C=O) groups excluding carboxylic acids is 3. The fourth-order valence-electron chi connectivity index (χ4n) is 4.88. The minimum absolute atomic E-state index is 0.00000869. The number of nitrogens with zero attached hydrogens (tertiary/aromatic N) is 1. The van der Waals surface area contributed by atoms with E-state index in [1.54, 1.807) is 60.7 Å². The Bertz CT molecular complexity index is 1970. The molecule has 1 fully saturated rings. The maximum absolute atomic E-state index is 13.0. The summed E-state index contributed by atoms with van der Waals surface area (Å²) in [5.41, 5.74) is 2.56. The Morgan fingerprint density at radius 2 is 1.31 bits per heavy atom. The molecule has 48 heavy (non-hydrogen) atoms. The number of ether oxygens (including phenoxy) is 4. The Balaban J connectivity index is 1.29. The highest BCUT2D eigenvalue weighted by molar-refractivity contribution is 5.90. The van der Waals surface area contributed by atoms with Crippen LogP contribution >= 0.6 is 0 Å². The van der Waals surface area contributed by atoms with Crippen LogP contribution in [0.15, 0.2) is 88.6 Å². The molecule has 0 bridgehead atoms. The van der Waals surface area contributed by atoms with Gasteiger partial charge in [0.05, 0.1) is 16.7 Å². The summed E-state index contributed by atoms with van der Waals surface area (Å²) in [7, 11) is 0. The SMILES string of the molecule is Cc1ccc(C(=O)OCCC#Cc2cn([C@H]3C[C@H](OC(=O)c4ccc(C)cc4)[C@@H](COC(=O)c4ccc(C)cc4)O3)c(=O)[nH]c2=O)cc1. The number of carbonyl (C=O) groups is 3. The van der Waals surface area contributed by atoms with Crippen molar-refractivity contribution in [1.29, 1.82) is 0 Å². The fourth-order valence-corrected chi connectivity index (χ4v) is 4.88. The summed E-state index contributed by atoms with van der Waals surface area (Å²) in [5, 5.41) is 0. The van der Waals surface area contributed by atoms with Gasteiger partial charge < -0.3 is 18.9 Å². The summed E-state index contributed by atoms with van der Waals surface area (Å²) in [6.45, 7) is 5.44. The molecular formula is C37H34N2O9. The molecule has 246 valence electrons. The van der Waals surface area contributed by atoms with Crippen molar-refractivity contribution in [3.05, 3.63) is 139 Å². The maximum atomic E-state index is 13.0. The van der Waals surface area contributed by atoms with Crippen LogP contribution in [0.3, 0.4) is 0 Å². The number of hydrogen-bond acceptors (Lipinski definition) is 9. The van der Waals surface area contributed by atoms with Gasteiger partial charge in [-0.05, 0) is 57.2 Å².